The van der Waals surface area contributed by atoms with E-state index in [0.717, 1.165) is 11.3 Å². The van der Waals surface area contributed by atoms with E-state index in [1.165, 1.54) is 0 Å². The van der Waals surface area contributed by atoms with Crippen molar-refractivity contribution >= 4 is 5.91 Å². The Morgan fingerprint density at radius 2 is 1.92 bits per heavy atom. The molecule has 0 spiro atoms. The number of halogens is 3. The third kappa shape index (κ3) is 6.07. The molecule has 0 bridgehead atoms. The monoisotopic (exact) mass is 372 g/mol. The van der Waals surface area contributed by atoms with Crippen LogP contribution >= 0.6 is 0 Å². The highest BCUT2D eigenvalue weighted by Crippen LogP contribution is 2.18. The molecular weight excluding hydrogens is 353 g/mol. The standard InChI is InChI=1S/C17H19F3N2O4/c1-11-15(12(2)26-22-11)9-25-14-5-3-13(4-6-14)16(23)21-7-8-24-10-17(18,19)20/h3-6H,7-10H2,1-2H3,(H,21,23). The topological polar surface area (TPSA) is 73.6 Å². The third-order valence-electron chi connectivity index (χ3n) is 3.48. The highest BCUT2D eigenvalue weighted by molar-refractivity contribution is 5.94. The summed E-state index contributed by atoms with van der Waals surface area (Å²) in [5.74, 6) is 0.846. The van der Waals surface area contributed by atoms with Crippen LogP contribution in [0.4, 0.5) is 13.2 Å². The fourth-order valence-electron chi connectivity index (χ4n) is 2.09. The summed E-state index contributed by atoms with van der Waals surface area (Å²) in [6.45, 7) is 2.35. The third-order valence-corrected chi connectivity index (χ3v) is 3.48. The second-order valence-electron chi connectivity index (χ2n) is 5.54. The molecule has 0 saturated heterocycles. The van der Waals surface area contributed by atoms with Gasteiger partial charge in [0.2, 0.25) is 0 Å². The molecule has 1 aromatic carbocycles. The lowest BCUT2D eigenvalue weighted by molar-refractivity contribution is -0.173. The lowest BCUT2D eigenvalue weighted by Gasteiger charge is -2.09. The van der Waals surface area contributed by atoms with Crippen LogP contribution in [-0.4, -0.2) is 37.0 Å². The van der Waals surface area contributed by atoms with Gasteiger partial charge in [0.25, 0.3) is 5.91 Å². The highest BCUT2D eigenvalue weighted by atomic mass is 19.4. The Balaban J connectivity index is 1.76. The van der Waals surface area contributed by atoms with E-state index in [2.05, 4.69) is 15.2 Å². The zero-order valence-corrected chi connectivity index (χ0v) is 14.4. The van der Waals surface area contributed by atoms with Gasteiger partial charge in [-0.25, -0.2) is 0 Å². The molecule has 9 heteroatoms. The summed E-state index contributed by atoms with van der Waals surface area (Å²) in [6, 6.07) is 6.39. The zero-order valence-electron chi connectivity index (χ0n) is 14.4. The Hall–Kier alpha value is -2.55. The van der Waals surface area contributed by atoms with Crippen molar-refractivity contribution in [2.75, 3.05) is 19.8 Å². The number of alkyl halides is 3. The Bertz CT molecular complexity index is 707. The molecule has 1 aromatic heterocycles. The number of carbonyl (C=O) groups excluding carboxylic acids is 1. The lowest BCUT2D eigenvalue weighted by Crippen LogP contribution is -2.28. The van der Waals surface area contributed by atoms with Gasteiger partial charge in [0.15, 0.2) is 0 Å². The van der Waals surface area contributed by atoms with Crippen LogP contribution in [0.5, 0.6) is 5.75 Å². The number of nitrogens with zero attached hydrogens (tertiary/aromatic N) is 1. The molecule has 26 heavy (non-hydrogen) atoms. The summed E-state index contributed by atoms with van der Waals surface area (Å²) in [7, 11) is 0. The molecule has 0 atom stereocenters. The predicted molar refractivity (Wildman–Crippen MR) is 86.0 cm³/mol. The van der Waals surface area contributed by atoms with Crippen molar-refractivity contribution < 1.29 is 32.0 Å². The van der Waals surface area contributed by atoms with Gasteiger partial charge < -0.3 is 19.3 Å². The molecular formula is C17H19F3N2O4. The fraction of sp³-hybridized carbons (Fsp3) is 0.412. The van der Waals surface area contributed by atoms with Crippen LogP contribution in [0.1, 0.15) is 27.4 Å². The first kappa shape index (κ1) is 19.8. The van der Waals surface area contributed by atoms with Gasteiger partial charge in [0, 0.05) is 12.1 Å². The van der Waals surface area contributed by atoms with Crippen molar-refractivity contribution in [2.45, 2.75) is 26.6 Å². The van der Waals surface area contributed by atoms with E-state index in [9.17, 15) is 18.0 Å². The molecule has 142 valence electrons. The first-order valence-electron chi connectivity index (χ1n) is 7.83. The minimum absolute atomic E-state index is 0.0147. The number of carbonyl (C=O) groups is 1. The molecule has 0 fully saturated rings. The molecule has 0 aliphatic rings. The van der Waals surface area contributed by atoms with Crippen LogP contribution in [0, 0.1) is 13.8 Å². The molecule has 0 saturated carbocycles. The van der Waals surface area contributed by atoms with Gasteiger partial charge in [-0.1, -0.05) is 5.16 Å². The van der Waals surface area contributed by atoms with Crippen molar-refractivity contribution in [1.29, 1.82) is 0 Å². The molecule has 0 unspecified atom stereocenters. The average Bonchev–Trinajstić information content (AvgIpc) is 2.90. The summed E-state index contributed by atoms with van der Waals surface area (Å²) < 4.78 is 50.8. The summed E-state index contributed by atoms with van der Waals surface area (Å²) >= 11 is 0. The van der Waals surface area contributed by atoms with Gasteiger partial charge in [-0.05, 0) is 38.1 Å². The van der Waals surface area contributed by atoms with Crippen LogP contribution < -0.4 is 10.1 Å². The number of nitrogens with one attached hydrogen (secondary N) is 1. The number of benzene rings is 1. The van der Waals surface area contributed by atoms with Gasteiger partial charge in [-0.3, -0.25) is 4.79 Å². The van der Waals surface area contributed by atoms with Crippen molar-refractivity contribution in [1.82, 2.24) is 10.5 Å². The van der Waals surface area contributed by atoms with E-state index in [1.807, 2.05) is 6.92 Å². The van der Waals surface area contributed by atoms with Crippen LogP contribution in [0.2, 0.25) is 0 Å². The van der Waals surface area contributed by atoms with Crippen molar-refractivity contribution in [3.8, 4) is 5.75 Å². The first-order valence-corrected chi connectivity index (χ1v) is 7.83. The SMILES string of the molecule is Cc1noc(C)c1COc1ccc(C(=O)NCCOCC(F)(F)F)cc1. The highest BCUT2D eigenvalue weighted by Gasteiger charge is 2.27. The van der Waals surface area contributed by atoms with Crippen LogP contribution in [-0.2, 0) is 11.3 Å². The van der Waals surface area contributed by atoms with Crippen LogP contribution in [0.25, 0.3) is 0 Å². The molecule has 1 heterocycles. The number of aryl methyl sites for hydroxylation is 2. The average molecular weight is 372 g/mol. The quantitative estimate of drug-likeness (QED) is 0.721. The summed E-state index contributed by atoms with van der Waals surface area (Å²) in [5, 5.41) is 6.32. The van der Waals surface area contributed by atoms with Gasteiger partial charge in [0.1, 0.15) is 24.7 Å². The molecule has 2 rings (SSSR count). The number of aromatic nitrogens is 1. The maximum Gasteiger partial charge on any atom is 0.411 e. The number of rotatable bonds is 8. The maximum absolute atomic E-state index is 11.9. The number of amides is 1. The van der Waals surface area contributed by atoms with E-state index in [0.29, 0.717) is 23.7 Å². The van der Waals surface area contributed by atoms with Gasteiger partial charge in [0.05, 0.1) is 17.9 Å². The van der Waals surface area contributed by atoms with Crippen molar-refractivity contribution in [3.05, 3.63) is 46.8 Å². The lowest BCUT2D eigenvalue weighted by atomic mass is 10.2. The number of hydrogen-bond acceptors (Lipinski definition) is 5. The Labute approximate surface area is 148 Å². The van der Waals surface area contributed by atoms with E-state index in [-0.39, 0.29) is 13.2 Å². The van der Waals surface area contributed by atoms with E-state index in [4.69, 9.17) is 9.26 Å². The van der Waals surface area contributed by atoms with E-state index < -0.39 is 18.7 Å². The normalized spacial score (nSPS) is 11.4. The largest absolute Gasteiger partial charge is 0.489 e. The van der Waals surface area contributed by atoms with Gasteiger partial charge in [-0.2, -0.15) is 13.2 Å². The van der Waals surface area contributed by atoms with E-state index in [1.54, 1.807) is 31.2 Å². The molecule has 0 radical (unpaired) electrons. The summed E-state index contributed by atoms with van der Waals surface area (Å²) in [6.07, 6.45) is -4.37. The molecule has 1 N–H and O–H groups in total. The molecule has 0 aliphatic carbocycles. The minimum atomic E-state index is -4.37. The summed E-state index contributed by atoms with van der Waals surface area (Å²) in [5.41, 5.74) is 1.99. The van der Waals surface area contributed by atoms with Gasteiger partial charge >= 0.3 is 6.18 Å². The first-order chi connectivity index (χ1) is 12.3. The molecule has 0 aliphatic heterocycles. The Morgan fingerprint density at radius 3 is 2.50 bits per heavy atom. The maximum atomic E-state index is 11.9. The second-order valence-corrected chi connectivity index (χ2v) is 5.54. The fourth-order valence-corrected chi connectivity index (χ4v) is 2.09. The smallest absolute Gasteiger partial charge is 0.411 e. The Kier molecular flexibility index (Phi) is 6.62. The minimum Gasteiger partial charge on any atom is -0.489 e. The van der Waals surface area contributed by atoms with Crippen molar-refractivity contribution in [2.24, 2.45) is 0 Å². The van der Waals surface area contributed by atoms with Crippen LogP contribution in [0.15, 0.2) is 28.8 Å². The number of hydrogen-bond donors (Lipinski definition) is 1. The molecule has 6 nitrogen and oxygen atoms in total. The van der Waals surface area contributed by atoms with Crippen LogP contribution in [0.3, 0.4) is 0 Å². The second kappa shape index (κ2) is 8.70. The zero-order chi connectivity index (χ0) is 19.2. The number of ether oxygens (including phenoxy) is 2. The van der Waals surface area contributed by atoms with Gasteiger partial charge in [-0.15, -0.1) is 0 Å². The molecule has 2 aromatic rings. The summed E-state index contributed by atoms with van der Waals surface area (Å²) in [4.78, 5) is 11.9. The van der Waals surface area contributed by atoms with Crippen molar-refractivity contribution in [3.63, 3.8) is 0 Å². The Morgan fingerprint density at radius 1 is 1.23 bits per heavy atom. The predicted octanol–water partition coefficient (Wildman–Crippen LogP) is 3.18. The van der Waals surface area contributed by atoms with E-state index >= 15 is 0 Å². The molecule has 1 amide bonds.